The zero-order valence-electron chi connectivity index (χ0n) is 18.2. The smallest absolute Gasteiger partial charge is 0.256 e. The second kappa shape index (κ2) is 7.83. The molecule has 2 aromatic rings. The molecular weight excluding hydrogens is 392 g/mol. The number of benzene rings is 1. The molecule has 0 saturated carbocycles. The molecule has 4 heterocycles. The lowest BCUT2D eigenvalue weighted by Gasteiger charge is -2.54. The Bertz CT molecular complexity index is 1040. The van der Waals surface area contributed by atoms with Gasteiger partial charge in [-0.3, -0.25) is 9.79 Å². The molecule has 1 aromatic carbocycles. The van der Waals surface area contributed by atoms with E-state index in [0.717, 1.165) is 31.8 Å². The number of likely N-dealkylation sites (tertiary alicyclic amines) is 2. The molecule has 3 aliphatic rings. The Kier molecular flexibility index (Phi) is 5.00. The number of hydrogen-bond donors (Lipinski definition) is 0. The molecule has 1 amide bonds. The number of aliphatic imine (C=N–C) groups is 1. The third kappa shape index (κ3) is 3.60. The average Bonchev–Trinajstić information content (AvgIpc) is 3.28. The molecule has 8 heteroatoms. The van der Waals surface area contributed by atoms with Gasteiger partial charge in [-0.1, -0.05) is 5.57 Å². The Balaban J connectivity index is 1.39. The first-order valence-electron chi connectivity index (χ1n) is 10.9. The van der Waals surface area contributed by atoms with Crippen LogP contribution >= 0.6 is 0 Å². The lowest BCUT2D eigenvalue weighted by Crippen LogP contribution is -2.66. The summed E-state index contributed by atoms with van der Waals surface area (Å²) in [5.41, 5.74) is 2.59. The Morgan fingerprint density at radius 2 is 2.00 bits per heavy atom. The van der Waals surface area contributed by atoms with E-state index >= 15 is 0 Å². The summed E-state index contributed by atoms with van der Waals surface area (Å²) in [7, 11) is 1.61. The highest BCUT2D eigenvalue weighted by atomic mass is 16.5. The number of carbonyl (C=O) groups is 1. The van der Waals surface area contributed by atoms with Crippen molar-refractivity contribution in [3.63, 3.8) is 0 Å². The predicted molar refractivity (Wildman–Crippen MR) is 118 cm³/mol. The van der Waals surface area contributed by atoms with Crippen molar-refractivity contribution in [1.29, 1.82) is 0 Å². The second-order valence-electron chi connectivity index (χ2n) is 8.75. The van der Waals surface area contributed by atoms with Crippen molar-refractivity contribution < 1.29 is 9.53 Å². The fraction of sp³-hybridized carbons (Fsp3) is 0.478. The van der Waals surface area contributed by atoms with Crippen molar-refractivity contribution >= 4 is 11.7 Å². The van der Waals surface area contributed by atoms with Crippen molar-refractivity contribution in [3.8, 4) is 11.4 Å². The van der Waals surface area contributed by atoms with Crippen LogP contribution in [0.3, 0.4) is 0 Å². The lowest BCUT2D eigenvalue weighted by atomic mass is 9.81. The van der Waals surface area contributed by atoms with E-state index in [4.69, 9.17) is 9.73 Å². The summed E-state index contributed by atoms with van der Waals surface area (Å²) in [4.78, 5) is 24.3. The van der Waals surface area contributed by atoms with Crippen LogP contribution in [0.15, 0.2) is 47.2 Å². The van der Waals surface area contributed by atoms with Crippen molar-refractivity contribution in [2.75, 3.05) is 26.7 Å². The Hall–Kier alpha value is -3.16. The topological polar surface area (TPSA) is 75.8 Å². The number of piperidine rings is 1. The van der Waals surface area contributed by atoms with E-state index in [1.165, 1.54) is 10.4 Å². The largest absolute Gasteiger partial charge is 0.497 e. The number of dihydropyridines is 1. The van der Waals surface area contributed by atoms with Gasteiger partial charge in [-0.05, 0) is 51.0 Å². The predicted octanol–water partition coefficient (Wildman–Crippen LogP) is 2.56. The molecule has 0 radical (unpaired) electrons. The van der Waals surface area contributed by atoms with Gasteiger partial charge in [-0.2, -0.15) is 15.0 Å². The fourth-order valence-electron chi connectivity index (χ4n) is 4.95. The van der Waals surface area contributed by atoms with E-state index in [1.54, 1.807) is 25.6 Å². The monoisotopic (exact) mass is 420 g/mol. The van der Waals surface area contributed by atoms with E-state index < -0.39 is 0 Å². The van der Waals surface area contributed by atoms with Gasteiger partial charge < -0.3 is 14.5 Å². The molecule has 2 saturated heterocycles. The molecule has 2 fully saturated rings. The van der Waals surface area contributed by atoms with Crippen molar-refractivity contribution in [2.45, 2.75) is 38.8 Å². The summed E-state index contributed by atoms with van der Waals surface area (Å²) in [6.07, 6.45) is 7.46. The van der Waals surface area contributed by atoms with Gasteiger partial charge in [-0.15, -0.1) is 0 Å². The van der Waals surface area contributed by atoms with Gasteiger partial charge in [0.05, 0.1) is 42.8 Å². The highest BCUT2D eigenvalue weighted by molar-refractivity contribution is 5.98. The maximum absolute atomic E-state index is 13.6. The number of rotatable bonds is 3. The van der Waals surface area contributed by atoms with Crippen LogP contribution in [-0.4, -0.2) is 75.4 Å². The molecule has 162 valence electrons. The molecule has 3 unspecified atom stereocenters. The van der Waals surface area contributed by atoms with Gasteiger partial charge in [0.2, 0.25) is 0 Å². The maximum atomic E-state index is 13.6. The highest BCUT2D eigenvalue weighted by Gasteiger charge is 2.45. The van der Waals surface area contributed by atoms with Gasteiger partial charge in [-0.25, -0.2) is 0 Å². The minimum Gasteiger partial charge on any atom is -0.497 e. The first-order chi connectivity index (χ1) is 15.0. The number of aromatic nitrogens is 3. The number of fused-ring (bicyclic) bond motifs is 1. The van der Waals surface area contributed by atoms with Crippen LogP contribution in [0.25, 0.3) is 5.69 Å². The first kappa shape index (κ1) is 19.8. The number of amidine groups is 1. The Labute approximate surface area is 182 Å². The van der Waals surface area contributed by atoms with Crippen LogP contribution in [0.1, 0.15) is 37.0 Å². The molecule has 0 bridgehead atoms. The molecule has 0 spiro atoms. The fourth-order valence-corrected chi connectivity index (χ4v) is 4.95. The van der Waals surface area contributed by atoms with Crippen LogP contribution in [0.2, 0.25) is 0 Å². The number of hydrogen-bond acceptors (Lipinski definition) is 6. The zero-order valence-corrected chi connectivity index (χ0v) is 18.2. The van der Waals surface area contributed by atoms with Crippen LogP contribution < -0.4 is 4.74 Å². The number of nitrogens with zero attached hydrogens (tertiary/aromatic N) is 6. The molecular formula is C23H28N6O2. The Morgan fingerprint density at radius 3 is 2.74 bits per heavy atom. The van der Waals surface area contributed by atoms with E-state index in [9.17, 15) is 4.79 Å². The summed E-state index contributed by atoms with van der Waals surface area (Å²) in [6, 6.07) is 6.08. The third-order valence-corrected chi connectivity index (χ3v) is 6.55. The molecule has 31 heavy (non-hydrogen) atoms. The summed E-state index contributed by atoms with van der Waals surface area (Å²) < 4.78 is 5.38. The average molecular weight is 421 g/mol. The van der Waals surface area contributed by atoms with Gasteiger partial charge in [0, 0.05) is 25.6 Å². The minimum atomic E-state index is -0.0119. The quantitative estimate of drug-likeness (QED) is 0.763. The summed E-state index contributed by atoms with van der Waals surface area (Å²) in [5.74, 6) is 2.33. The van der Waals surface area contributed by atoms with Gasteiger partial charge >= 0.3 is 0 Å². The van der Waals surface area contributed by atoms with E-state index in [0.29, 0.717) is 41.5 Å². The lowest BCUT2D eigenvalue weighted by molar-refractivity contribution is 0.00631. The standard InChI is InChI=1S/C23H28N6O2/c1-15-10-16(2)26-22(11-15)28-13-17-6-9-27(14-21(17)28)23(30)19-12-18(31-3)4-5-20(19)29-24-7-8-25-29/h4-5,7-8,11-12,16-17,21H,6,9-10,13-14H2,1-3H3. The number of methoxy groups -OCH3 is 1. The van der Waals surface area contributed by atoms with E-state index in [2.05, 4.69) is 35.0 Å². The number of amides is 1. The molecule has 0 N–H and O–H groups in total. The number of carbonyl (C=O) groups excluding carboxylic acids is 1. The first-order valence-corrected chi connectivity index (χ1v) is 10.9. The molecule has 8 nitrogen and oxygen atoms in total. The minimum absolute atomic E-state index is 0.0119. The summed E-state index contributed by atoms with van der Waals surface area (Å²) in [6.45, 7) is 6.83. The van der Waals surface area contributed by atoms with Crippen molar-refractivity contribution in [1.82, 2.24) is 24.8 Å². The molecule has 3 atom stereocenters. The van der Waals surface area contributed by atoms with Crippen LogP contribution in [-0.2, 0) is 0 Å². The van der Waals surface area contributed by atoms with E-state index in [-0.39, 0.29) is 5.91 Å². The maximum Gasteiger partial charge on any atom is 0.256 e. The van der Waals surface area contributed by atoms with Crippen molar-refractivity contribution in [3.05, 3.63) is 47.8 Å². The van der Waals surface area contributed by atoms with Crippen LogP contribution in [0.4, 0.5) is 0 Å². The summed E-state index contributed by atoms with van der Waals surface area (Å²) in [5, 5.41) is 8.44. The third-order valence-electron chi connectivity index (χ3n) is 6.55. The van der Waals surface area contributed by atoms with Gasteiger partial charge in [0.25, 0.3) is 5.91 Å². The van der Waals surface area contributed by atoms with Crippen LogP contribution in [0.5, 0.6) is 5.75 Å². The molecule has 5 rings (SSSR count). The van der Waals surface area contributed by atoms with Gasteiger partial charge in [0.1, 0.15) is 11.6 Å². The molecule has 3 aliphatic heterocycles. The highest BCUT2D eigenvalue weighted by Crippen LogP contribution is 2.35. The van der Waals surface area contributed by atoms with E-state index in [1.807, 2.05) is 17.0 Å². The Morgan fingerprint density at radius 1 is 1.19 bits per heavy atom. The number of ether oxygens (including phenoxy) is 1. The summed E-state index contributed by atoms with van der Waals surface area (Å²) >= 11 is 0. The van der Waals surface area contributed by atoms with Gasteiger partial charge in [0.15, 0.2) is 0 Å². The zero-order chi connectivity index (χ0) is 21.5. The SMILES string of the molecule is COc1ccc(-n2nccn2)c(C(=O)N2CCC3CN(C4=NC(C)CC(C)=C4)C3C2)c1. The molecule has 0 aliphatic carbocycles. The van der Waals surface area contributed by atoms with Crippen molar-refractivity contribution in [2.24, 2.45) is 10.9 Å². The van der Waals surface area contributed by atoms with Crippen LogP contribution in [0, 0.1) is 5.92 Å². The second-order valence-corrected chi connectivity index (χ2v) is 8.75. The normalized spacial score (nSPS) is 25.3. The molecule has 1 aromatic heterocycles.